The maximum atomic E-state index is 2.58. The van der Waals surface area contributed by atoms with Crippen LogP contribution >= 0.6 is 0 Å². The van der Waals surface area contributed by atoms with E-state index in [1.165, 1.54) is 111 Å². The third-order valence-corrected chi connectivity index (χ3v) is 13.8. The smallest absolute Gasteiger partial charge is 0.0788 e. The molecule has 64 heavy (non-hydrogen) atoms. The van der Waals surface area contributed by atoms with Gasteiger partial charge in [0.05, 0.1) is 33.3 Å². The molecule has 0 N–H and O–H groups in total. The predicted octanol–water partition coefficient (Wildman–Crippen LogP) is 15.5. The predicted molar refractivity (Wildman–Crippen MR) is 269 cm³/mol. The molecule has 0 saturated carbocycles. The van der Waals surface area contributed by atoms with Crippen LogP contribution in [0.4, 0.5) is 0 Å². The van der Waals surface area contributed by atoms with E-state index in [4.69, 9.17) is 0 Å². The Morgan fingerprint density at radius 3 is 1.59 bits per heavy atom. The van der Waals surface area contributed by atoms with Crippen molar-refractivity contribution in [3.8, 4) is 45.1 Å². The summed E-state index contributed by atoms with van der Waals surface area (Å²) in [6, 6.07) is 71.2. The van der Waals surface area contributed by atoms with Gasteiger partial charge in [-0.15, -0.1) is 0 Å². The van der Waals surface area contributed by atoms with Gasteiger partial charge in [-0.1, -0.05) is 140 Å². The molecule has 304 valence electrons. The lowest BCUT2D eigenvalue weighted by molar-refractivity contribution is 0.889. The van der Waals surface area contributed by atoms with Gasteiger partial charge >= 0.3 is 0 Å². The second-order valence-corrected chi connectivity index (χ2v) is 17.3. The first-order valence-electron chi connectivity index (χ1n) is 22.4. The number of para-hydroxylation sites is 5. The minimum absolute atomic E-state index is 0.984. The number of hydrogen-bond donors (Lipinski definition) is 0. The SMILES string of the molecule is Cc1c(-c2c(C)n(-c3cccc(-c4cccc(-n5c6c(c7ccc8c9ccccc9n(-c9ccccc9)c8c75)C=CCC6)c4)c3)c3ccccc23)n(-c2ccccc2)c2ccccc12. The van der Waals surface area contributed by atoms with Crippen LogP contribution in [0, 0.1) is 13.8 Å². The Hall–Kier alpha value is -8.08. The van der Waals surface area contributed by atoms with Crippen molar-refractivity contribution in [1.82, 2.24) is 18.3 Å². The van der Waals surface area contributed by atoms with Gasteiger partial charge in [-0.05, 0) is 110 Å². The quantitative estimate of drug-likeness (QED) is 0.159. The van der Waals surface area contributed by atoms with E-state index in [9.17, 15) is 0 Å². The Morgan fingerprint density at radius 2 is 0.906 bits per heavy atom. The maximum Gasteiger partial charge on any atom is 0.0788 e. The molecule has 0 bridgehead atoms. The van der Waals surface area contributed by atoms with Crippen LogP contribution in [0.25, 0.3) is 106 Å². The highest BCUT2D eigenvalue weighted by atomic mass is 15.1. The molecule has 4 heteroatoms. The van der Waals surface area contributed by atoms with Crippen molar-refractivity contribution >= 4 is 60.6 Å². The summed E-state index contributed by atoms with van der Waals surface area (Å²) < 4.78 is 9.97. The molecule has 0 radical (unpaired) electrons. The van der Waals surface area contributed by atoms with E-state index < -0.39 is 0 Å². The highest BCUT2D eigenvalue weighted by Gasteiger charge is 2.26. The van der Waals surface area contributed by atoms with Gasteiger partial charge < -0.3 is 18.3 Å². The van der Waals surface area contributed by atoms with Gasteiger partial charge in [-0.3, -0.25) is 0 Å². The molecular formula is C60H44N4. The van der Waals surface area contributed by atoms with E-state index in [0.29, 0.717) is 0 Å². The van der Waals surface area contributed by atoms with Crippen LogP contribution in [0.3, 0.4) is 0 Å². The average Bonchev–Trinajstić information content (AvgIpc) is 4.06. The molecule has 0 aliphatic heterocycles. The summed E-state index contributed by atoms with van der Waals surface area (Å²) in [5, 5.41) is 6.34. The maximum absolute atomic E-state index is 2.58. The highest BCUT2D eigenvalue weighted by Crippen LogP contribution is 2.45. The van der Waals surface area contributed by atoms with Crippen molar-refractivity contribution < 1.29 is 0 Å². The van der Waals surface area contributed by atoms with Gasteiger partial charge in [0.25, 0.3) is 0 Å². The molecule has 4 heterocycles. The van der Waals surface area contributed by atoms with E-state index in [2.05, 4.69) is 238 Å². The Bertz CT molecular complexity index is 3850. The van der Waals surface area contributed by atoms with Gasteiger partial charge in [-0.2, -0.15) is 0 Å². The van der Waals surface area contributed by atoms with E-state index in [-0.39, 0.29) is 0 Å². The molecule has 12 aromatic rings. The first kappa shape index (κ1) is 36.6. The largest absolute Gasteiger partial charge is 0.313 e. The second-order valence-electron chi connectivity index (χ2n) is 17.3. The number of hydrogen-bond acceptors (Lipinski definition) is 0. The minimum Gasteiger partial charge on any atom is -0.313 e. The molecule has 4 aromatic heterocycles. The molecule has 1 aliphatic rings. The van der Waals surface area contributed by atoms with Crippen LogP contribution in [0.2, 0.25) is 0 Å². The van der Waals surface area contributed by atoms with Crippen LogP contribution in [-0.2, 0) is 6.42 Å². The number of aryl methyl sites for hydroxylation is 1. The van der Waals surface area contributed by atoms with Crippen LogP contribution in [0.1, 0.15) is 28.9 Å². The first-order chi connectivity index (χ1) is 31.6. The Morgan fingerprint density at radius 1 is 0.391 bits per heavy atom. The van der Waals surface area contributed by atoms with Crippen LogP contribution in [-0.4, -0.2) is 18.3 Å². The molecule has 0 spiro atoms. The monoisotopic (exact) mass is 820 g/mol. The van der Waals surface area contributed by atoms with E-state index in [0.717, 1.165) is 24.2 Å². The standard InChI is InChI=1S/C60H44N4/c1-39-47-27-9-13-31-53(47)62(43-21-5-3-6-22-43)58(39)57-40(2)61(56-34-16-12-30-52(56)57)45-25-17-19-41(37-45)42-20-18-26-46(38-42)64-55-33-15-11-29-49(55)51-36-35-50-48-28-10-14-32-54(48)63(59(50)60(51)64)44-23-7-4-8-24-44/h3-14,16-32,34-38H,15,33H2,1-2H3. The van der Waals surface area contributed by atoms with Gasteiger partial charge in [0.2, 0.25) is 0 Å². The number of fused-ring (bicyclic) bond motifs is 9. The number of aromatic nitrogens is 4. The lowest BCUT2D eigenvalue weighted by atomic mass is 10.0. The van der Waals surface area contributed by atoms with Gasteiger partial charge in [-0.25, -0.2) is 0 Å². The van der Waals surface area contributed by atoms with E-state index in [1.54, 1.807) is 0 Å². The number of nitrogens with zero attached hydrogens (tertiary/aromatic N) is 4. The fourth-order valence-electron chi connectivity index (χ4n) is 11.1. The summed E-state index contributed by atoms with van der Waals surface area (Å²) in [6.45, 7) is 4.57. The van der Waals surface area contributed by atoms with Crippen molar-refractivity contribution in [2.75, 3.05) is 0 Å². The van der Waals surface area contributed by atoms with Gasteiger partial charge in [0.1, 0.15) is 0 Å². The van der Waals surface area contributed by atoms with Crippen molar-refractivity contribution in [2.24, 2.45) is 0 Å². The number of rotatable bonds is 6. The van der Waals surface area contributed by atoms with Crippen LogP contribution in [0.5, 0.6) is 0 Å². The number of allylic oxidation sites excluding steroid dienone is 1. The summed E-state index contributed by atoms with van der Waals surface area (Å²) >= 11 is 0. The lowest BCUT2D eigenvalue weighted by Crippen LogP contribution is -2.04. The summed E-state index contributed by atoms with van der Waals surface area (Å²) in [6.07, 6.45) is 6.70. The molecule has 0 fully saturated rings. The summed E-state index contributed by atoms with van der Waals surface area (Å²) in [4.78, 5) is 0. The Balaban J connectivity index is 1.01. The summed E-state index contributed by atoms with van der Waals surface area (Å²) in [5.74, 6) is 0. The van der Waals surface area contributed by atoms with Crippen molar-refractivity contribution in [1.29, 1.82) is 0 Å². The zero-order valence-electron chi connectivity index (χ0n) is 35.8. The average molecular weight is 821 g/mol. The molecular weight excluding hydrogens is 777 g/mol. The fourth-order valence-corrected chi connectivity index (χ4v) is 11.1. The zero-order valence-corrected chi connectivity index (χ0v) is 35.8. The molecule has 0 unspecified atom stereocenters. The minimum atomic E-state index is 0.984. The third-order valence-electron chi connectivity index (χ3n) is 13.8. The van der Waals surface area contributed by atoms with Crippen molar-refractivity contribution in [3.63, 3.8) is 0 Å². The summed E-state index contributed by atoms with van der Waals surface area (Å²) in [5.41, 5.74) is 20.8. The topological polar surface area (TPSA) is 19.7 Å². The zero-order chi connectivity index (χ0) is 42.5. The van der Waals surface area contributed by atoms with Crippen molar-refractivity contribution in [2.45, 2.75) is 26.7 Å². The molecule has 0 atom stereocenters. The van der Waals surface area contributed by atoms with Crippen molar-refractivity contribution in [3.05, 3.63) is 223 Å². The third kappa shape index (κ3) is 5.29. The molecule has 8 aromatic carbocycles. The second kappa shape index (κ2) is 14.2. The van der Waals surface area contributed by atoms with Crippen LogP contribution in [0.15, 0.2) is 200 Å². The molecule has 13 rings (SSSR count). The Kier molecular flexibility index (Phi) is 8.13. The van der Waals surface area contributed by atoms with E-state index in [1.807, 2.05) is 0 Å². The van der Waals surface area contributed by atoms with E-state index >= 15 is 0 Å². The normalized spacial score (nSPS) is 12.7. The summed E-state index contributed by atoms with van der Waals surface area (Å²) in [7, 11) is 0. The first-order valence-corrected chi connectivity index (χ1v) is 22.4. The van der Waals surface area contributed by atoms with Gasteiger partial charge in [0, 0.05) is 72.2 Å². The molecule has 1 aliphatic carbocycles. The molecule has 0 saturated heterocycles. The highest BCUT2D eigenvalue weighted by molar-refractivity contribution is 6.19. The number of benzene rings is 8. The molecule has 0 amide bonds. The molecule has 4 nitrogen and oxygen atoms in total. The lowest BCUT2D eigenvalue weighted by Gasteiger charge is -2.16. The van der Waals surface area contributed by atoms with Gasteiger partial charge in [0.15, 0.2) is 0 Å². The van der Waals surface area contributed by atoms with Crippen LogP contribution < -0.4 is 0 Å². The Labute approximate surface area is 371 Å². The fraction of sp³-hybridized carbons (Fsp3) is 0.0667.